The highest BCUT2D eigenvalue weighted by molar-refractivity contribution is 7.26. The molecule has 0 saturated carbocycles. The Kier molecular flexibility index (Phi) is 4.69. The van der Waals surface area contributed by atoms with E-state index in [4.69, 9.17) is 9.97 Å². The molecule has 4 heteroatoms. The molecule has 0 aliphatic rings. The standard InChI is InChI=1S/C34H21N3S/c1-3-9-22(10-4-1)24-19-20-35-31(21-24)37-28-17-15-26-25-13-7-8-14-30(25)38-34(26)32(28)33-29(37)18-16-27(36-33)23-11-5-2-6-12-23/h1-21H. The molecule has 4 heterocycles. The molecule has 4 aromatic carbocycles. The van der Waals surface area contributed by atoms with Crippen LogP contribution in [-0.2, 0) is 0 Å². The van der Waals surface area contributed by atoms with Gasteiger partial charge in [-0.05, 0) is 47.5 Å². The maximum atomic E-state index is 5.28. The topological polar surface area (TPSA) is 30.7 Å². The molecule has 0 spiro atoms. The molecule has 8 rings (SSSR count). The zero-order valence-electron chi connectivity index (χ0n) is 20.4. The summed E-state index contributed by atoms with van der Waals surface area (Å²) in [4.78, 5) is 10.1. The second-order valence-corrected chi connectivity index (χ2v) is 10.5. The first-order valence-corrected chi connectivity index (χ1v) is 13.5. The zero-order chi connectivity index (χ0) is 25.1. The van der Waals surface area contributed by atoms with Crippen molar-refractivity contribution in [1.29, 1.82) is 0 Å². The summed E-state index contributed by atoms with van der Waals surface area (Å²) in [7, 11) is 0. The Morgan fingerprint density at radius 2 is 1.32 bits per heavy atom. The normalized spacial score (nSPS) is 11.7. The average Bonchev–Trinajstić information content (AvgIpc) is 3.53. The molecule has 38 heavy (non-hydrogen) atoms. The predicted molar refractivity (Wildman–Crippen MR) is 160 cm³/mol. The van der Waals surface area contributed by atoms with E-state index in [0.717, 1.165) is 39.2 Å². The number of aromatic nitrogens is 3. The van der Waals surface area contributed by atoms with Gasteiger partial charge in [0, 0.05) is 37.3 Å². The summed E-state index contributed by atoms with van der Waals surface area (Å²) in [6.45, 7) is 0. The summed E-state index contributed by atoms with van der Waals surface area (Å²) in [5, 5.41) is 3.75. The highest BCUT2D eigenvalue weighted by atomic mass is 32.1. The van der Waals surface area contributed by atoms with E-state index in [1.165, 1.54) is 31.1 Å². The number of hydrogen-bond donors (Lipinski definition) is 0. The van der Waals surface area contributed by atoms with Crippen LogP contribution in [0, 0.1) is 0 Å². The first-order chi connectivity index (χ1) is 18.8. The number of fused-ring (bicyclic) bond motifs is 7. The second-order valence-electron chi connectivity index (χ2n) is 9.47. The summed E-state index contributed by atoms with van der Waals surface area (Å²) in [5.41, 5.74) is 7.59. The summed E-state index contributed by atoms with van der Waals surface area (Å²) in [5.74, 6) is 0.890. The van der Waals surface area contributed by atoms with Crippen molar-refractivity contribution in [2.24, 2.45) is 0 Å². The molecular formula is C34H21N3S. The van der Waals surface area contributed by atoms with Gasteiger partial charge in [0.15, 0.2) is 0 Å². The summed E-state index contributed by atoms with van der Waals surface area (Å²) in [6, 6.07) is 42.6. The van der Waals surface area contributed by atoms with Crippen molar-refractivity contribution in [2.45, 2.75) is 0 Å². The number of thiophene rings is 1. The first kappa shape index (κ1) is 21.3. The highest BCUT2D eigenvalue weighted by Gasteiger charge is 2.20. The van der Waals surface area contributed by atoms with Gasteiger partial charge in [-0.3, -0.25) is 4.57 Å². The molecule has 3 nitrogen and oxygen atoms in total. The van der Waals surface area contributed by atoms with Gasteiger partial charge in [0.05, 0.1) is 22.2 Å². The Bertz CT molecular complexity index is 2120. The monoisotopic (exact) mass is 503 g/mol. The Balaban J connectivity index is 1.48. The van der Waals surface area contributed by atoms with Crippen LogP contribution in [-0.4, -0.2) is 14.5 Å². The van der Waals surface area contributed by atoms with Crippen molar-refractivity contribution in [1.82, 2.24) is 14.5 Å². The third-order valence-electron chi connectivity index (χ3n) is 7.27. The van der Waals surface area contributed by atoms with Crippen molar-refractivity contribution in [2.75, 3.05) is 0 Å². The van der Waals surface area contributed by atoms with Gasteiger partial charge in [-0.25, -0.2) is 9.97 Å². The minimum atomic E-state index is 0.890. The Morgan fingerprint density at radius 1 is 0.579 bits per heavy atom. The first-order valence-electron chi connectivity index (χ1n) is 12.7. The molecular weight excluding hydrogens is 482 g/mol. The van der Waals surface area contributed by atoms with E-state index in [2.05, 4.69) is 114 Å². The van der Waals surface area contributed by atoms with E-state index in [0.29, 0.717) is 0 Å². The fraction of sp³-hybridized carbons (Fsp3) is 0. The lowest BCUT2D eigenvalue weighted by Crippen LogP contribution is -1.98. The molecule has 0 atom stereocenters. The van der Waals surface area contributed by atoms with Crippen LogP contribution in [0.5, 0.6) is 0 Å². The second kappa shape index (κ2) is 8.37. The van der Waals surface area contributed by atoms with Crippen LogP contribution in [0.1, 0.15) is 0 Å². The Morgan fingerprint density at radius 3 is 2.16 bits per heavy atom. The lowest BCUT2D eigenvalue weighted by atomic mass is 10.1. The van der Waals surface area contributed by atoms with E-state index < -0.39 is 0 Å². The molecule has 0 radical (unpaired) electrons. The van der Waals surface area contributed by atoms with Gasteiger partial charge >= 0.3 is 0 Å². The van der Waals surface area contributed by atoms with E-state index in [9.17, 15) is 0 Å². The molecule has 0 saturated heterocycles. The number of pyridine rings is 2. The van der Waals surface area contributed by atoms with E-state index in [1.54, 1.807) is 0 Å². The van der Waals surface area contributed by atoms with Crippen molar-refractivity contribution < 1.29 is 0 Å². The van der Waals surface area contributed by atoms with Gasteiger partial charge in [0.1, 0.15) is 5.82 Å². The largest absolute Gasteiger partial charge is 0.292 e. The lowest BCUT2D eigenvalue weighted by Gasteiger charge is -2.09. The smallest absolute Gasteiger partial charge is 0.138 e. The van der Waals surface area contributed by atoms with Gasteiger partial charge in [-0.2, -0.15) is 0 Å². The highest BCUT2D eigenvalue weighted by Crippen LogP contribution is 2.43. The third kappa shape index (κ3) is 3.21. The lowest BCUT2D eigenvalue weighted by molar-refractivity contribution is 1.08. The molecule has 0 amide bonds. The molecule has 0 bridgehead atoms. The van der Waals surface area contributed by atoms with Crippen LogP contribution in [0.3, 0.4) is 0 Å². The zero-order valence-corrected chi connectivity index (χ0v) is 21.2. The van der Waals surface area contributed by atoms with Crippen LogP contribution in [0.2, 0.25) is 0 Å². The number of benzene rings is 4. The van der Waals surface area contributed by atoms with Gasteiger partial charge in [-0.1, -0.05) is 84.9 Å². The van der Waals surface area contributed by atoms with Crippen molar-refractivity contribution in [3.05, 3.63) is 128 Å². The predicted octanol–water partition coefficient (Wildman–Crippen LogP) is 9.28. The van der Waals surface area contributed by atoms with E-state index in [-0.39, 0.29) is 0 Å². The van der Waals surface area contributed by atoms with E-state index in [1.807, 2.05) is 29.7 Å². The molecule has 0 N–H and O–H groups in total. The minimum absolute atomic E-state index is 0.890. The fourth-order valence-corrected chi connectivity index (χ4v) is 6.75. The molecule has 0 aliphatic carbocycles. The summed E-state index contributed by atoms with van der Waals surface area (Å²) < 4.78 is 4.83. The maximum absolute atomic E-state index is 5.28. The molecule has 0 unspecified atom stereocenters. The molecule has 0 fully saturated rings. The van der Waals surface area contributed by atoms with Crippen LogP contribution in [0.4, 0.5) is 0 Å². The molecule has 4 aromatic heterocycles. The van der Waals surface area contributed by atoms with Crippen molar-refractivity contribution in [3.63, 3.8) is 0 Å². The van der Waals surface area contributed by atoms with Gasteiger partial charge in [0.2, 0.25) is 0 Å². The Hall–Kier alpha value is -4.80. The van der Waals surface area contributed by atoms with Crippen molar-refractivity contribution in [3.8, 4) is 28.2 Å². The maximum Gasteiger partial charge on any atom is 0.138 e. The third-order valence-corrected chi connectivity index (χ3v) is 8.47. The van der Waals surface area contributed by atoms with Gasteiger partial charge < -0.3 is 0 Å². The average molecular weight is 504 g/mol. The Labute approximate surface area is 223 Å². The SMILES string of the molecule is c1ccc(-c2ccnc(-n3c4ccc(-c5ccccc5)nc4c4c5sc6ccccc6c5ccc43)c2)cc1. The van der Waals surface area contributed by atoms with Gasteiger partial charge in [0.25, 0.3) is 0 Å². The van der Waals surface area contributed by atoms with Crippen LogP contribution in [0.15, 0.2) is 128 Å². The summed E-state index contributed by atoms with van der Waals surface area (Å²) >= 11 is 1.84. The van der Waals surface area contributed by atoms with Crippen molar-refractivity contribution >= 4 is 53.4 Å². The number of hydrogen-bond acceptors (Lipinski definition) is 3. The number of rotatable bonds is 3. The van der Waals surface area contributed by atoms with E-state index >= 15 is 0 Å². The van der Waals surface area contributed by atoms with Gasteiger partial charge in [-0.15, -0.1) is 11.3 Å². The quantitative estimate of drug-likeness (QED) is 0.240. The van der Waals surface area contributed by atoms with Crippen LogP contribution in [0.25, 0.3) is 70.3 Å². The van der Waals surface area contributed by atoms with Crippen LogP contribution < -0.4 is 0 Å². The molecule has 178 valence electrons. The molecule has 8 aromatic rings. The van der Waals surface area contributed by atoms with Crippen LogP contribution >= 0.6 is 11.3 Å². The number of nitrogens with zero attached hydrogens (tertiary/aromatic N) is 3. The fourth-order valence-electron chi connectivity index (χ4n) is 5.51. The summed E-state index contributed by atoms with van der Waals surface area (Å²) in [6.07, 6.45) is 1.90. The molecule has 0 aliphatic heterocycles. The minimum Gasteiger partial charge on any atom is -0.292 e.